The molecule has 118 valence electrons. The average Bonchev–Trinajstić information content (AvgIpc) is 2.47. The zero-order chi connectivity index (χ0) is 15.4. The van der Waals surface area contributed by atoms with Crippen LogP contribution >= 0.6 is 0 Å². The summed E-state index contributed by atoms with van der Waals surface area (Å²) in [5.74, 6) is 0.847. The van der Waals surface area contributed by atoms with E-state index < -0.39 is 0 Å². The van der Waals surface area contributed by atoms with Gasteiger partial charge in [-0.3, -0.25) is 4.90 Å². The molecule has 1 heterocycles. The summed E-state index contributed by atoms with van der Waals surface area (Å²) in [6.07, 6.45) is -0.0865. The fourth-order valence-corrected chi connectivity index (χ4v) is 3.13. The molecule has 1 aliphatic rings. The normalized spacial score (nSPS) is 26.3. The molecule has 0 radical (unpaired) electrons. The smallest absolute Gasteiger partial charge is 0.123 e. The van der Waals surface area contributed by atoms with Crippen LogP contribution in [0.4, 0.5) is 0 Å². The van der Waals surface area contributed by atoms with Gasteiger partial charge in [-0.25, -0.2) is 0 Å². The molecule has 2 rings (SSSR count). The van der Waals surface area contributed by atoms with E-state index >= 15 is 0 Å². The molecule has 0 aliphatic carbocycles. The summed E-state index contributed by atoms with van der Waals surface area (Å²) in [7, 11) is 1.68. The Kier molecular flexibility index (Phi) is 5.58. The average molecular weight is 294 g/mol. The lowest BCUT2D eigenvalue weighted by Gasteiger charge is -2.42. The van der Waals surface area contributed by atoms with E-state index in [0.29, 0.717) is 6.54 Å². The van der Waals surface area contributed by atoms with Crippen LogP contribution in [0.3, 0.4) is 0 Å². The second-order valence-corrected chi connectivity index (χ2v) is 5.75. The van der Waals surface area contributed by atoms with Gasteiger partial charge in [0.25, 0.3) is 0 Å². The van der Waals surface area contributed by atoms with Gasteiger partial charge >= 0.3 is 0 Å². The Labute approximate surface area is 126 Å². The van der Waals surface area contributed by atoms with Crippen molar-refractivity contribution >= 4 is 0 Å². The second-order valence-electron chi connectivity index (χ2n) is 5.75. The topological polar surface area (TPSA) is 68.0 Å². The Hall–Kier alpha value is -1.14. The molecule has 4 atom stereocenters. The van der Waals surface area contributed by atoms with Crippen LogP contribution in [-0.4, -0.2) is 55.1 Å². The maximum Gasteiger partial charge on any atom is 0.123 e. The molecule has 3 N–H and O–H groups in total. The number of methoxy groups -OCH3 is 1. The Morgan fingerprint density at radius 2 is 2.14 bits per heavy atom. The van der Waals surface area contributed by atoms with Crippen LogP contribution < -0.4 is 10.5 Å². The fraction of sp³-hybridized carbons (Fsp3) is 0.625. The molecule has 0 amide bonds. The zero-order valence-corrected chi connectivity index (χ0v) is 13.0. The van der Waals surface area contributed by atoms with Crippen molar-refractivity contribution in [2.75, 3.05) is 26.8 Å². The molecular weight excluding hydrogens is 268 g/mol. The van der Waals surface area contributed by atoms with Crippen molar-refractivity contribution in [3.8, 4) is 5.75 Å². The summed E-state index contributed by atoms with van der Waals surface area (Å²) in [5.41, 5.74) is 7.34. The number of ether oxygens (including phenoxy) is 2. The molecule has 1 aromatic carbocycles. The van der Waals surface area contributed by atoms with Crippen LogP contribution in [0.5, 0.6) is 5.75 Å². The van der Waals surface area contributed by atoms with Crippen molar-refractivity contribution in [3.63, 3.8) is 0 Å². The number of hydrogen-bond donors (Lipinski definition) is 2. The number of benzene rings is 1. The van der Waals surface area contributed by atoms with Gasteiger partial charge in [0.1, 0.15) is 5.75 Å². The largest absolute Gasteiger partial charge is 0.496 e. The summed E-state index contributed by atoms with van der Waals surface area (Å²) in [5, 5.41) is 9.41. The van der Waals surface area contributed by atoms with Crippen LogP contribution in [0.25, 0.3) is 0 Å². The number of hydrogen-bond acceptors (Lipinski definition) is 5. The molecule has 21 heavy (non-hydrogen) atoms. The van der Waals surface area contributed by atoms with E-state index in [4.69, 9.17) is 15.2 Å². The Morgan fingerprint density at radius 3 is 2.76 bits per heavy atom. The molecule has 5 nitrogen and oxygen atoms in total. The third-order valence-corrected chi connectivity index (χ3v) is 3.91. The number of nitrogens with zero attached hydrogens (tertiary/aromatic N) is 1. The van der Waals surface area contributed by atoms with Gasteiger partial charge in [-0.2, -0.15) is 0 Å². The molecule has 1 fully saturated rings. The van der Waals surface area contributed by atoms with E-state index in [2.05, 4.69) is 11.0 Å². The highest BCUT2D eigenvalue weighted by molar-refractivity contribution is 5.36. The highest BCUT2D eigenvalue weighted by Crippen LogP contribution is 2.33. The number of para-hydroxylation sites is 1. The van der Waals surface area contributed by atoms with Gasteiger partial charge in [0.2, 0.25) is 0 Å². The molecule has 1 aromatic rings. The van der Waals surface area contributed by atoms with Crippen molar-refractivity contribution in [2.45, 2.75) is 38.1 Å². The fourth-order valence-electron chi connectivity index (χ4n) is 3.13. The minimum Gasteiger partial charge on any atom is -0.496 e. The molecule has 4 unspecified atom stereocenters. The summed E-state index contributed by atoms with van der Waals surface area (Å²) in [4.78, 5) is 2.29. The standard InChI is InChI=1S/C16H26N2O3/c1-11-8-18(9-13(10-19)21-11)16(12(2)17)14-6-4-5-7-15(14)20-3/h4-7,11-13,16,19H,8-10,17H2,1-3H3. The first-order chi connectivity index (χ1) is 10.1. The van der Waals surface area contributed by atoms with Crippen molar-refractivity contribution in [1.29, 1.82) is 0 Å². The number of aliphatic hydroxyl groups excluding tert-OH is 1. The van der Waals surface area contributed by atoms with E-state index in [1.54, 1.807) is 7.11 Å². The third-order valence-electron chi connectivity index (χ3n) is 3.91. The lowest BCUT2D eigenvalue weighted by molar-refractivity contribution is -0.108. The second kappa shape index (κ2) is 7.22. The maximum absolute atomic E-state index is 9.41. The van der Waals surface area contributed by atoms with Crippen molar-refractivity contribution in [1.82, 2.24) is 4.90 Å². The summed E-state index contributed by atoms with van der Waals surface area (Å²) in [6.45, 7) is 5.52. The minimum absolute atomic E-state index is 0.0262. The molecule has 1 aliphatic heterocycles. The zero-order valence-electron chi connectivity index (χ0n) is 13.0. The van der Waals surface area contributed by atoms with E-state index in [1.807, 2.05) is 32.0 Å². The first kappa shape index (κ1) is 16.2. The SMILES string of the molecule is COc1ccccc1C(C(C)N)N1CC(C)OC(CO)C1. The monoisotopic (exact) mass is 294 g/mol. The summed E-state index contributed by atoms with van der Waals surface area (Å²) < 4.78 is 11.2. The predicted molar refractivity (Wildman–Crippen MR) is 82.4 cm³/mol. The van der Waals surface area contributed by atoms with Crippen LogP contribution in [0.1, 0.15) is 25.5 Å². The van der Waals surface area contributed by atoms with Gasteiger partial charge in [-0.1, -0.05) is 18.2 Å². The molecule has 0 bridgehead atoms. The number of rotatable bonds is 5. The Balaban J connectivity index is 2.30. The molecular formula is C16H26N2O3. The molecule has 0 spiro atoms. The van der Waals surface area contributed by atoms with Crippen molar-refractivity contribution < 1.29 is 14.6 Å². The van der Waals surface area contributed by atoms with Gasteiger partial charge in [0.15, 0.2) is 0 Å². The van der Waals surface area contributed by atoms with Crippen LogP contribution in [0, 0.1) is 0 Å². The van der Waals surface area contributed by atoms with Gasteiger partial charge in [-0.05, 0) is 19.9 Å². The van der Waals surface area contributed by atoms with Crippen LogP contribution in [-0.2, 0) is 4.74 Å². The van der Waals surface area contributed by atoms with E-state index in [1.165, 1.54) is 0 Å². The quantitative estimate of drug-likeness (QED) is 0.853. The summed E-state index contributed by atoms with van der Waals surface area (Å²) in [6, 6.07) is 7.96. The van der Waals surface area contributed by atoms with Gasteiger partial charge in [0.05, 0.1) is 32.0 Å². The first-order valence-corrected chi connectivity index (χ1v) is 7.45. The molecule has 0 aromatic heterocycles. The van der Waals surface area contributed by atoms with Gasteiger partial charge in [0, 0.05) is 24.7 Å². The molecule has 0 saturated carbocycles. The predicted octanol–water partition coefficient (Wildman–Crippen LogP) is 1.17. The number of nitrogens with two attached hydrogens (primary N) is 1. The van der Waals surface area contributed by atoms with E-state index in [9.17, 15) is 5.11 Å². The minimum atomic E-state index is -0.162. The van der Waals surface area contributed by atoms with Gasteiger partial charge < -0.3 is 20.3 Å². The van der Waals surface area contributed by atoms with Crippen molar-refractivity contribution in [3.05, 3.63) is 29.8 Å². The number of morpholine rings is 1. The Morgan fingerprint density at radius 1 is 1.43 bits per heavy atom. The highest BCUT2D eigenvalue weighted by atomic mass is 16.5. The van der Waals surface area contributed by atoms with Gasteiger partial charge in [-0.15, -0.1) is 0 Å². The van der Waals surface area contributed by atoms with Crippen molar-refractivity contribution in [2.24, 2.45) is 5.73 Å². The molecule has 5 heteroatoms. The van der Waals surface area contributed by atoms with E-state index in [0.717, 1.165) is 17.9 Å². The highest BCUT2D eigenvalue weighted by Gasteiger charge is 2.33. The summed E-state index contributed by atoms with van der Waals surface area (Å²) >= 11 is 0. The third kappa shape index (κ3) is 3.74. The van der Waals surface area contributed by atoms with Crippen LogP contribution in [0.15, 0.2) is 24.3 Å². The lowest BCUT2D eigenvalue weighted by atomic mass is 9.96. The lowest BCUT2D eigenvalue weighted by Crippen LogP contribution is -2.52. The molecule has 1 saturated heterocycles. The first-order valence-electron chi connectivity index (χ1n) is 7.45. The maximum atomic E-state index is 9.41. The van der Waals surface area contributed by atoms with Crippen LogP contribution in [0.2, 0.25) is 0 Å². The van der Waals surface area contributed by atoms with E-state index in [-0.39, 0.29) is 30.9 Å². The number of aliphatic hydroxyl groups is 1. The Bertz CT molecular complexity index is 453.